The number of hydrogen-bond acceptors (Lipinski definition) is 5. The van der Waals surface area contributed by atoms with Gasteiger partial charge in [0, 0.05) is 18.5 Å². The Morgan fingerprint density at radius 1 is 1.32 bits per heavy atom. The van der Waals surface area contributed by atoms with Gasteiger partial charge in [-0.05, 0) is 31.0 Å². The third kappa shape index (κ3) is 3.40. The highest BCUT2D eigenvalue weighted by Gasteiger charge is 2.37. The average Bonchev–Trinajstić information content (AvgIpc) is 3.02. The zero-order chi connectivity index (χ0) is 16.0. The van der Waals surface area contributed by atoms with Crippen LogP contribution in [0.2, 0.25) is 18.1 Å². The van der Waals surface area contributed by atoms with E-state index in [0.29, 0.717) is 18.8 Å². The first kappa shape index (κ1) is 16.4. The van der Waals surface area contributed by atoms with E-state index in [0.717, 1.165) is 23.9 Å². The third-order valence-electron chi connectivity index (χ3n) is 5.24. The van der Waals surface area contributed by atoms with Gasteiger partial charge in [0.1, 0.15) is 0 Å². The molecule has 0 amide bonds. The number of fused-ring (bicyclic) bond motifs is 2. The van der Waals surface area contributed by atoms with Crippen molar-refractivity contribution in [3.8, 4) is 0 Å². The summed E-state index contributed by atoms with van der Waals surface area (Å²) in [6, 6.07) is 0. The Balaban J connectivity index is 1.60. The van der Waals surface area contributed by atoms with Crippen LogP contribution in [0.3, 0.4) is 0 Å². The molecule has 2 fully saturated rings. The maximum absolute atomic E-state index is 6.28. The Bertz CT molecular complexity index is 514. The van der Waals surface area contributed by atoms with Crippen LogP contribution in [0.15, 0.2) is 5.38 Å². The first-order valence-corrected chi connectivity index (χ1v) is 12.0. The van der Waals surface area contributed by atoms with E-state index in [1.807, 2.05) is 0 Å². The molecule has 0 spiro atoms. The number of thiazole rings is 1. The van der Waals surface area contributed by atoms with Crippen LogP contribution in [0.25, 0.3) is 0 Å². The average molecular weight is 341 g/mol. The summed E-state index contributed by atoms with van der Waals surface area (Å²) in [4.78, 5) is 7.20. The fourth-order valence-corrected chi connectivity index (χ4v) is 4.52. The minimum Gasteiger partial charge on any atom is -0.411 e. The van der Waals surface area contributed by atoms with Gasteiger partial charge in [-0.15, -0.1) is 11.3 Å². The predicted octanol–water partition coefficient (Wildman–Crippen LogP) is 4.03. The largest absolute Gasteiger partial charge is 0.411 e. The first-order chi connectivity index (χ1) is 10.2. The lowest BCUT2D eigenvalue weighted by Crippen LogP contribution is -2.42. The summed E-state index contributed by atoms with van der Waals surface area (Å²) >= 11 is 1.74. The van der Waals surface area contributed by atoms with Crippen LogP contribution < -0.4 is 4.90 Å². The Kier molecular flexibility index (Phi) is 4.40. The van der Waals surface area contributed by atoms with E-state index in [1.54, 1.807) is 11.3 Å². The van der Waals surface area contributed by atoms with Crippen molar-refractivity contribution in [3.63, 3.8) is 0 Å². The number of rotatable bonds is 4. The SMILES string of the molecule is CC(C)(C)[Si](C)(C)OCc1csc(N2CC3CCC(C2)O3)n1. The van der Waals surface area contributed by atoms with Gasteiger partial charge >= 0.3 is 0 Å². The van der Waals surface area contributed by atoms with Crippen molar-refractivity contribution in [1.82, 2.24) is 4.98 Å². The lowest BCUT2D eigenvalue weighted by atomic mass is 10.2. The fraction of sp³-hybridized carbons (Fsp3) is 0.812. The number of anilines is 1. The van der Waals surface area contributed by atoms with Crippen molar-refractivity contribution in [2.45, 2.75) is 70.6 Å². The predicted molar refractivity (Wildman–Crippen MR) is 94.2 cm³/mol. The number of hydrogen-bond donors (Lipinski definition) is 0. The number of morpholine rings is 1. The van der Waals surface area contributed by atoms with Gasteiger partial charge in [0.25, 0.3) is 0 Å². The summed E-state index contributed by atoms with van der Waals surface area (Å²) in [6.07, 6.45) is 3.23. The molecule has 22 heavy (non-hydrogen) atoms. The third-order valence-corrected chi connectivity index (χ3v) is 10.7. The van der Waals surface area contributed by atoms with Gasteiger partial charge in [-0.3, -0.25) is 0 Å². The molecule has 2 bridgehead atoms. The van der Waals surface area contributed by atoms with E-state index >= 15 is 0 Å². The minimum atomic E-state index is -1.70. The van der Waals surface area contributed by atoms with Crippen LogP contribution >= 0.6 is 11.3 Å². The number of nitrogens with zero attached hydrogens (tertiary/aromatic N) is 2. The minimum absolute atomic E-state index is 0.245. The van der Waals surface area contributed by atoms with E-state index in [4.69, 9.17) is 14.1 Å². The number of ether oxygens (including phenoxy) is 1. The van der Waals surface area contributed by atoms with Crippen molar-refractivity contribution in [3.05, 3.63) is 11.1 Å². The van der Waals surface area contributed by atoms with Gasteiger partial charge in [-0.1, -0.05) is 20.8 Å². The van der Waals surface area contributed by atoms with E-state index < -0.39 is 8.32 Å². The number of aromatic nitrogens is 1. The van der Waals surface area contributed by atoms with E-state index in [1.165, 1.54) is 12.8 Å². The van der Waals surface area contributed by atoms with E-state index in [9.17, 15) is 0 Å². The molecule has 3 rings (SSSR count). The summed E-state index contributed by atoms with van der Waals surface area (Å²) in [5, 5.41) is 3.53. The monoisotopic (exact) mass is 340 g/mol. The van der Waals surface area contributed by atoms with Gasteiger partial charge in [-0.2, -0.15) is 0 Å². The second-order valence-electron chi connectivity index (χ2n) is 8.03. The zero-order valence-corrected chi connectivity index (χ0v) is 16.2. The lowest BCUT2D eigenvalue weighted by Gasteiger charge is -2.35. The topological polar surface area (TPSA) is 34.6 Å². The molecule has 0 N–H and O–H groups in total. The molecular weight excluding hydrogens is 312 g/mol. The molecule has 3 heterocycles. The highest BCUT2D eigenvalue weighted by atomic mass is 32.1. The van der Waals surface area contributed by atoms with Crippen molar-refractivity contribution in [1.29, 1.82) is 0 Å². The summed E-state index contributed by atoms with van der Waals surface area (Å²) < 4.78 is 12.2. The molecule has 0 radical (unpaired) electrons. The Hall–Kier alpha value is -0.433. The molecule has 1 aromatic rings. The van der Waals surface area contributed by atoms with Crippen LogP contribution in [-0.2, 0) is 15.8 Å². The molecule has 2 saturated heterocycles. The second-order valence-corrected chi connectivity index (χ2v) is 13.7. The maximum Gasteiger partial charge on any atom is 0.192 e. The van der Waals surface area contributed by atoms with Crippen LogP contribution in [0.4, 0.5) is 5.13 Å². The van der Waals surface area contributed by atoms with Crippen LogP contribution in [-0.4, -0.2) is 38.6 Å². The smallest absolute Gasteiger partial charge is 0.192 e. The Morgan fingerprint density at radius 3 is 2.55 bits per heavy atom. The normalized spacial score (nSPS) is 25.8. The molecule has 124 valence electrons. The Labute approximate surface area is 139 Å². The highest BCUT2D eigenvalue weighted by molar-refractivity contribution is 7.13. The molecular formula is C16H28N2O2SSi. The quantitative estimate of drug-likeness (QED) is 0.775. The summed E-state index contributed by atoms with van der Waals surface area (Å²) in [5.41, 5.74) is 1.07. The van der Waals surface area contributed by atoms with Crippen molar-refractivity contribution in [2.24, 2.45) is 0 Å². The molecule has 2 atom stereocenters. The van der Waals surface area contributed by atoms with Gasteiger partial charge in [0.05, 0.1) is 24.5 Å². The van der Waals surface area contributed by atoms with Crippen molar-refractivity contribution >= 4 is 24.8 Å². The molecule has 2 aliphatic rings. The summed E-state index contributed by atoms with van der Waals surface area (Å²) in [5.74, 6) is 0. The molecule has 0 aliphatic carbocycles. The molecule has 4 nitrogen and oxygen atoms in total. The summed E-state index contributed by atoms with van der Waals surface area (Å²) in [6.45, 7) is 14.0. The van der Waals surface area contributed by atoms with Crippen molar-refractivity contribution in [2.75, 3.05) is 18.0 Å². The molecule has 1 aromatic heterocycles. The highest BCUT2D eigenvalue weighted by Crippen LogP contribution is 2.37. The molecule has 0 aromatic carbocycles. The van der Waals surface area contributed by atoms with Gasteiger partial charge in [0.15, 0.2) is 13.4 Å². The lowest BCUT2D eigenvalue weighted by molar-refractivity contribution is 0.0304. The maximum atomic E-state index is 6.28. The molecule has 2 unspecified atom stereocenters. The van der Waals surface area contributed by atoms with Gasteiger partial charge in [0.2, 0.25) is 0 Å². The fourth-order valence-electron chi connectivity index (χ4n) is 2.75. The van der Waals surface area contributed by atoms with Gasteiger partial charge < -0.3 is 14.1 Å². The van der Waals surface area contributed by atoms with E-state index in [2.05, 4.69) is 44.1 Å². The zero-order valence-electron chi connectivity index (χ0n) is 14.4. The van der Waals surface area contributed by atoms with Crippen LogP contribution in [0.5, 0.6) is 0 Å². The first-order valence-electron chi connectivity index (χ1n) is 8.23. The summed E-state index contributed by atoms with van der Waals surface area (Å²) in [7, 11) is -1.70. The molecule has 2 aliphatic heterocycles. The van der Waals surface area contributed by atoms with Gasteiger partial charge in [-0.25, -0.2) is 4.98 Å². The standard InChI is InChI=1S/C16H28N2O2SSi/c1-16(2,3)22(4,5)19-10-12-11-21-15(17-12)18-8-13-6-7-14(9-18)20-13/h11,13-14H,6-10H2,1-5H3. The second kappa shape index (κ2) is 5.89. The van der Waals surface area contributed by atoms with Crippen LogP contribution in [0, 0.1) is 0 Å². The molecule has 6 heteroatoms. The van der Waals surface area contributed by atoms with Crippen LogP contribution in [0.1, 0.15) is 39.3 Å². The van der Waals surface area contributed by atoms with E-state index in [-0.39, 0.29) is 5.04 Å². The Morgan fingerprint density at radius 2 is 1.95 bits per heavy atom. The molecule has 0 saturated carbocycles. The van der Waals surface area contributed by atoms with Crippen molar-refractivity contribution < 1.29 is 9.16 Å².